The fourth-order valence-corrected chi connectivity index (χ4v) is 3.19. The number of carbonyl (C=O) groups is 1. The summed E-state index contributed by atoms with van der Waals surface area (Å²) in [6.07, 6.45) is 1.36. The Hall–Kier alpha value is -2.08. The zero-order valence-corrected chi connectivity index (χ0v) is 16.3. The number of ether oxygens (including phenoxy) is 2. The zero-order chi connectivity index (χ0) is 18.7. The molecule has 0 saturated heterocycles. The number of methoxy groups -OCH3 is 1. The van der Waals surface area contributed by atoms with Crippen molar-refractivity contribution in [2.24, 2.45) is 0 Å². The molecule has 4 nitrogen and oxygen atoms in total. The van der Waals surface area contributed by atoms with Crippen molar-refractivity contribution in [1.29, 1.82) is 0 Å². The van der Waals surface area contributed by atoms with E-state index in [1.54, 1.807) is 14.0 Å². The van der Waals surface area contributed by atoms with Crippen molar-refractivity contribution >= 4 is 21.8 Å². The average molecular weight is 422 g/mol. The summed E-state index contributed by atoms with van der Waals surface area (Å²) in [5, 5.41) is 0. The minimum absolute atomic E-state index is 0.0699. The van der Waals surface area contributed by atoms with E-state index in [0.29, 0.717) is 16.8 Å². The van der Waals surface area contributed by atoms with Gasteiger partial charge in [0.2, 0.25) is 0 Å². The van der Waals surface area contributed by atoms with E-state index in [0.717, 1.165) is 24.2 Å². The Bertz CT molecular complexity index is 777. The van der Waals surface area contributed by atoms with Crippen molar-refractivity contribution in [2.45, 2.75) is 38.5 Å². The number of amides is 1. The molecule has 1 atom stereocenters. The lowest BCUT2D eigenvalue weighted by Gasteiger charge is -2.26. The molecule has 0 unspecified atom stereocenters. The van der Waals surface area contributed by atoms with Crippen LogP contribution in [0.25, 0.3) is 0 Å². The molecule has 0 bridgehead atoms. The van der Waals surface area contributed by atoms with Crippen LogP contribution in [0.5, 0.6) is 11.5 Å². The Morgan fingerprint density at radius 1 is 1.27 bits per heavy atom. The lowest BCUT2D eigenvalue weighted by molar-refractivity contribution is -0.139. The smallest absolute Gasteiger partial charge is 0.263 e. The minimum Gasteiger partial charge on any atom is -0.497 e. The number of benzene rings is 2. The van der Waals surface area contributed by atoms with Crippen LogP contribution in [0.3, 0.4) is 0 Å². The van der Waals surface area contributed by atoms with Crippen LogP contribution in [0.1, 0.15) is 25.3 Å². The number of hydrogen-bond acceptors (Lipinski definition) is 3. The van der Waals surface area contributed by atoms with Gasteiger partial charge in [0.15, 0.2) is 6.10 Å². The standard InChI is InChI=1S/C20H21BrFNO3/c1-13(26-19-10-5-15(22)11-18(19)21)20(24)23(16-6-7-16)12-14-3-8-17(25-2)9-4-14/h3-5,8-11,13,16H,6-7,12H2,1-2H3/t13-/m0/s1. The fraction of sp³-hybridized carbons (Fsp3) is 0.350. The molecule has 0 N–H and O–H groups in total. The second-order valence-corrected chi connectivity index (χ2v) is 7.23. The third-order valence-corrected chi connectivity index (χ3v) is 4.95. The highest BCUT2D eigenvalue weighted by atomic mass is 79.9. The molecule has 1 aliphatic rings. The van der Waals surface area contributed by atoms with Crippen LogP contribution in [0.2, 0.25) is 0 Å². The number of nitrogens with zero attached hydrogens (tertiary/aromatic N) is 1. The first kappa shape index (κ1) is 18.7. The van der Waals surface area contributed by atoms with E-state index in [1.807, 2.05) is 29.2 Å². The molecule has 1 fully saturated rings. The third kappa shape index (κ3) is 4.55. The lowest BCUT2D eigenvalue weighted by atomic mass is 10.2. The highest BCUT2D eigenvalue weighted by molar-refractivity contribution is 9.10. The molecule has 1 saturated carbocycles. The van der Waals surface area contributed by atoms with Crippen molar-refractivity contribution in [3.63, 3.8) is 0 Å². The normalized spacial score (nSPS) is 14.6. The van der Waals surface area contributed by atoms with E-state index in [-0.39, 0.29) is 17.8 Å². The van der Waals surface area contributed by atoms with Crippen LogP contribution in [-0.4, -0.2) is 30.1 Å². The van der Waals surface area contributed by atoms with E-state index < -0.39 is 6.10 Å². The van der Waals surface area contributed by atoms with Crippen molar-refractivity contribution < 1.29 is 18.7 Å². The first-order valence-electron chi connectivity index (χ1n) is 8.53. The van der Waals surface area contributed by atoms with E-state index in [4.69, 9.17) is 9.47 Å². The van der Waals surface area contributed by atoms with Gasteiger partial charge in [0, 0.05) is 12.6 Å². The molecule has 0 heterocycles. The van der Waals surface area contributed by atoms with Gasteiger partial charge in [-0.15, -0.1) is 0 Å². The van der Waals surface area contributed by atoms with Gasteiger partial charge in [-0.1, -0.05) is 12.1 Å². The van der Waals surface area contributed by atoms with Crippen molar-refractivity contribution in [3.05, 3.63) is 58.3 Å². The monoisotopic (exact) mass is 421 g/mol. The van der Waals surface area contributed by atoms with Crippen LogP contribution >= 0.6 is 15.9 Å². The molecule has 3 rings (SSSR count). The molecular formula is C20H21BrFNO3. The third-order valence-electron chi connectivity index (χ3n) is 4.33. The van der Waals surface area contributed by atoms with Gasteiger partial charge in [0.1, 0.15) is 17.3 Å². The zero-order valence-electron chi connectivity index (χ0n) is 14.7. The summed E-state index contributed by atoms with van der Waals surface area (Å²) in [6, 6.07) is 12.1. The Labute approximate surface area is 161 Å². The first-order valence-corrected chi connectivity index (χ1v) is 9.32. The van der Waals surface area contributed by atoms with Crippen LogP contribution < -0.4 is 9.47 Å². The highest BCUT2D eigenvalue weighted by Crippen LogP contribution is 2.31. The van der Waals surface area contributed by atoms with Gasteiger partial charge < -0.3 is 14.4 Å². The molecule has 1 aliphatic carbocycles. The average Bonchev–Trinajstić information content (AvgIpc) is 3.47. The van der Waals surface area contributed by atoms with E-state index >= 15 is 0 Å². The molecule has 2 aromatic carbocycles. The number of halogens is 2. The molecule has 0 radical (unpaired) electrons. The van der Waals surface area contributed by atoms with E-state index in [1.165, 1.54) is 18.2 Å². The van der Waals surface area contributed by atoms with E-state index in [9.17, 15) is 9.18 Å². The maximum Gasteiger partial charge on any atom is 0.263 e. The van der Waals surface area contributed by atoms with Gasteiger partial charge in [0.05, 0.1) is 11.6 Å². The second kappa shape index (κ2) is 8.08. The van der Waals surface area contributed by atoms with Crippen molar-refractivity contribution in [2.75, 3.05) is 7.11 Å². The van der Waals surface area contributed by atoms with E-state index in [2.05, 4.69) is 15.9 Å². The maximum atomic E-state index is 13.2. The number of rotatable bonds is 7. The summed E-state index contributed by atoms with van der Waals surface area (Å²) in [6.45, 7) is 2.26. The van der Waals surface area contributed by atoms with Crippen molar-refractivity contribution in [3.8, 4) is 11.5 Å². The summed E-state index contributed by atoms with van der Waals surface area (Å²) >= 11 is 3.27. The van der Waals surface area contributed by atoms with Gasteiger partial charge >= 0.3 is 0 Å². The Morgan fingerprint density at radius 2 is 1.96 bits per heavy atom. The van der Waals surface area contributed by atoms with Crippen LogP contribution in [0.15, 0.2) is 46.9 Å². The number of carbonyl (C=O) groups excluding carboxylic acids is 1. The fourth-order valence-electron chi connectivity index (χ4n) is 2.75. The highest BCUT2D eigenvalue weighted by Gasteiger charge is 2.35. The number of hydrogen-bond donors (Lipinski definition) is 0. The van der Waals surface area contributed by atoms with Gasteiger partial charge in [-0.2, -0.15) is 0 Å². The largest absolute Gasteiger partial charge is 0.497 e. The van der Waals surface area contributed by atoms with Gasteiger partial charge in [0.25, 0.3) is 5.91 Å². The summed E-state index contributed by atoms with van der Waals surface area (Å²) < 4.78 is 24.6. The molecule has 1 amide bonds. The predicted octanol–water partition coefficient (Wildman–Crippen LogP) is 4.56. The molecule has 0 aliphatic heterocycles. The predicted molar refractivity (Wildman–Crippen MR) is 101 cm³/mol. The summed E-state index contributed by atoms with van der Waals surface area (Å²) in [5.41, 5.74) is 1.04. The molecule has 0 spiro atoms. The van der Waals surface area contributed by atoms with Crippen LogP contribution in [-0.2, 0) is 11.3 Å². The molecule has 138 valence electrons. The first-order chi connectivity index (χ1) is 12.5. The molecule has 26 heavy (non-hydrogen) atoms. The Kier molecular flexibility index (Phi) is 5.81. The molecule has 6 heteroatoms. The SMILES string of the molecule is COc1ccc(CN(C(=O)[C@H](C)Oc2ccc(F)cc2Br)C2CC2)cc1. The summed E-state index contributed by atoms with van der Waals surface area (Å²) in [5.74, 6) is 0.810. The van der Waals surface area contributed by atoms with Gasteiger partial charge in [-0.05, 0) is 71.6 Å². The Morgan fingerprint density at radius 3 is 2.54 bits per heavy atom. The quantitative estimate of drug-likeness (QED) is 0.657. The van der Waals surface area contributed by atoms with Gasteiger partial charge in [-0.25, -0.2) is 4.39 Å². The Balaban J connectivity index is 1.69. The summed E-state index contributed by atoms with van der Waals surface area (Å²) in [7, 11) is 1.63. The molecular weight excluding hydrogens is 401 g/mol. The molecule has 2 aromatic rings. The van der Waals surface area contributed by atoms with Gasteiger partial charge in [-0.3, -0.25) is 4.79 Å². The summed E-state index contributed by atoms with van der Waals surface area (Å²) in [4.78, 5) is 14.8. The lowest BCUT2D eigenvalue weighted by Crippen LogP contribution is -2.41. The topological polar surface area (TPSA) is 38.8 Å². The molecule has 0 aromatic heterocycles. The van der Waals surface area contributed by atoms with Crippen molar-refractivity contribution in [1.82, 2.24) is 4.90 Å². The minimum atomic E-state index is -0.657. The van der Waals surface area contributed by atoms with Crippen LogP contribution in [0, 0.1) is 5.82 Å². The van der Waals surface area contributed by atoms with Crippen LogP contribution in [0.4, 0.5) is 4.39 Å². The second-order valence-electron chi connectivity index (χ2n) is 6.38. The maximum absolute atomic E-state index is 13.2.